The van der Waals surface area contributed by atoms with Gasteiger partial charge >= 0.3 is 164 Å². The maximum atomic E-state index is 9.52. The smallest absolute Gasteiger partial charge is 1.00 e. The summed E-state index contributed by atoms with van der Waals surface area (Å²) in [5, 5.41) is 22.3. The minimum Gasteiger partial charge on any atom is -1.00 e. The van der Waals surface area contributed by atoms with Crippen molar-refractivity contribution in [2.75, 3.05) is 13.2 Å². The second kappa shape index (κ2) is 11.7. The third-order valence-electron chi connectivity index (χ3n) is 5.73. The van der Waals surface area contributed by atoms with Crippen LogP contribution in [0.25, 0.3) is 0 Å². The fourth-order valence-electron chi connectivity index (χ4n) is 4.15. The molecule has 0 aromatic heterocycles. The summed E-state index contributed by atoms with van der Waals surface area (Å²) in [6.45, 7) is 12.6. The third-order valence-corrected chi connectivity index (χ3v) is 20.7. The van der Waals surface area contributed by atoms with Gasteiger partial charge in [0.05, 0.1) is 0 Å². The van der Waals surface area contributed by atoms with Crippen molar-refractivity contribution >= 4 is 19.9 Å². The van der Waals surface area contributed by atoms with Gasteiger partial charge in [-0.25, -0.2) is 0 Å². The maximum absolute atomic E-state index is 9.52. The molecule has 0 bridgehead atoms. The zero-order valence-corrected chi connectivity index (χ0v) is 23.2. The molecule has 0 aromatic rings. The number of aliphatic hydroxyl groups excluding tert-OH is 2. The Hall–Kier alpha value is 0.647. The molecule has 2 aliphatic rings. The normalized spacial score (nSPS) is 16.2. The van der Waals surface area contributed by atoms with Crippen molar-refractivity contribution in [1.29, 1.82) is 0 Å². The molecular formula is C20H34Cl2O2Si2Zr. The summed E-state index contributed by atoms with van der Waals surface area (Å²) in [7, 11) is -3.09. The van der Waals surface area contributed by atoms with Crippen LogP contribution in [0, 0.1) is 0 Å². The fourth-order valence-corrected chi connectivity index (χ4v) is 21.5. The molecule has 2 rings (SSSR count). The van der Waals surface area contributed by atoms with Crippen molar-refractivity contribution in [3.8, 4) is 0 Å². The molecule has 27 heavy (non-hydrogen) atoms. The van der Waals surface area contributed by atoms with E-state index in [0.29, 0.717) is 13.2 Å². The standard InChI is InChI=1S/2C9H15OSi.C2H4.2ClH.Zr/c2*1-11(2,8-7-10)9-5-3-4-6-9;1-2;;;/h2*3,5,10H,4,7-8H2,1-2H3;1H,2H3;2*1H;/q;;;;;+2/p-2. The molecule has 0 aromatic carbocycles. The van der Waals surface area contributed by atoms with Crippen molar-refractivity contribution < 1.29 is 56.3 Å². The van der Waals surface area contributed by atoms with Crippen molar-refractivity contribution in [1.82, 2.24) is 0 Å². The van der Waals surface area contributed by atoms with Crippen LogP contribution in [0.5, 0.6) is 0 Å². The van der Waals surface area contributed by atoms with Gasteiger partial charge in [0.15, 0.2) is 0 Å². The van der Waals surface area contributed by atoms with E-state index in [0.717, 1.165) is 24.9 Å². The van der Waals surface area contributed by atoms with Gasteiger partial charge in [0.1, 0.15) is 0 Å². The van der Waals surface area contributed by atoms with E-state index >= 15 is 0 Å². The van der Waals surface area contributed by atoms with Crippen LogP contribution < -0.4 is 24.8 Å². The largest absolute Gasteiger partial charge is 1.00 e. The molecule has 0 amide bonds. The first-order valence-corrected chi connectivity index (χ1v) is 19.8. The van der Waals surface area contributed by atoms with Gasteiger partial charge in [-0.15, -0.1) is 0 Å². The Morgan fingerprint density at radius 3 is 1.52 bits per heavy atom. The van der Waals surface area contributed by atoms with Crippen LogP contribution in [0.15, 0.2) is 41.3 Å². The summed E-state index contributed by atoms with van der Waals surface area (Å²) in [4.78, 5) is 0. The van der Waals surface area contributed by atoms with Crippen molar-refractivity contribution in [2.45, 2.75) is 58.0 Å². The SMILES string of the molecule is C[CH]=[Zr+2]([C]1=C([Si](C)(C)CCO)C=CC1)[C]1=C([Si](C)(C)CCO)C=CC1.[Cl-].[Cl-]. The number of halogens is 2. The Morgan fingerprint density at radius 2 is 1.22 bits per heavy atom. The predicted octanol–water partition coefficient (Wildman–Crippen LogP) is -1.66. The molecule has 0 aliphatic heterocycles. The zero-order chi connectivity index (χ0) is 18.7. The van der Waals surface area contributed by atoms with Gasteiger partial charge in [-0.3, -0.25) is 0 Å². The number of aliphatic hydroxyl groups is 2. The van der Waals surface area contributed by atoms with Gasteiger partial charge in [0.25, 0.3) is 0 Å². The van der Waals surface area contributed by atoms with Crippen LogP contribution in [-0.2, 0) is 21.3 Å². The third kappa shape index (κ3) is 6.31. The predicted molar refractivity (Wildman–Crippen MR) is 112 cm³/mol. The zero-order valence-electron chi connectivity index (χ0n) is 17.3. The summed E-state index contributed by atoms with van der Waals surface area (Å²) in [5.41, 5.74) is 0. The molecule has 7 heteroatoms. The minimum absolute atomic E-state index is 0. The number of hydrogen-bond acceptors (Lipinski definition) is 2. The van der Waals surface area contributed by atoms with Crippen LogP contribution in [0.4, 0.5) is 0 Å². The Balaban J connectivity index is 0.00000338. The van der Waals surface area contributed by atoms with Gasteiger partial charge in [-0.1, -0.05) is 0 Å². The quantitative estimate of drug-likeness (QED) is 0.374. The molecular weight excluding hydrogens is 491 g/mol. The van der Waals surface area contributed by atoms with Gasteiger partial charge < -0.3 is 24.8 Å². The maximum Gasteiger partial charge on any atom is -1.00 e. The van der Waals surface area contributed by atoms with Gasteiger partial charge in [-0.2, -0.15) is 0 Å². The van der Waals surface area contributed by atoms with Crippen LogP contribution in [-0.4, -0.2) is 43.3 Å². The summed E-state index contributed by atoms with van der Waals surface area (Å²) < 4.78 is 6.10. The molecule has 0 heterocycles. The monoisotopic (exact) mass is 522 g/mol. The molecule has 0 unspecified atom stereocenters. The minimum atomic E-state index is -1.97. The summed E-state index contributed by atoms with van der Waals surface area (Å²) in [6, 6.07) is 1.93. The number of rotatable bonds is 8. The van der Waals surface area contributed by atoms with Crippen molar-refractivity contribution in [2.24, 2.45) is 0 Å². The van der Waals surface area contributed by atoms with E-state index in [1.165, 1.54) is 0 Å². The summed E-state index contributed by atoms with van der Waals surface area (Å²) in [5.74, 6) is 0. The molecule has 0 saturated heterocycles. The van der Waals surface area contributed by atoms with E-state index in [9.17, 15) is 10.2 Å². The molecule has 2 nitrogen and oxygen atoms in total. The van der Waals surface area contributed by atoms with Crippen molar-refractivity contribution in [3.05, 3.63) is 41.3 Å². The van der Waals surface area contributed by atoms with Crippen LogP contribution >= 0.6 is 0 Å². The molecule has 0 spiro atoms. The second-order valence-electron chi connectivity index (χ2n) is 8.41. The summed E-state index contributed by atoms with van der Waals surface area (Å²) >= 11 is -1.97. The van der Waals surface area contributed by atoms with Crippen molar-refractivity contribution in [3.63, 3.8) is 0 Å². The van der Waals surface area contributed by atoms with E-state index in [-0.39, 0.29) is 24.8 Å². The Bertz CT molecular complexity index is 623. The molecule has 2 N–H and O–H groups in total. The molecule has 0 fully saturated rings. The van der Waals surface area contributed by atoms with E-state index in [4.69, 9.17) is 0 Å². The average Bonchev–Trinajstić information content (AvgIpc) is 3.18. The van der Waals surface area contributed by atoms with E-state index in [1.54, 1.807) is 17.0 Å². The summed E-state index contributed by atoms with van der Waals surface area (Å²) in [6.07, 6.45) is 11.8. The molecule has 2 aliphatic carbocycles. The van der Waals surface area contributed by atoms with E-state index in [1.807, 2.05) is 0 Å². The molecule has 0 radical (unpaired) electrons. The fraction of sp³-hybridized carbons (Fsp3) is 0.550. The van der Waals surface area contributed by atoms with E-state index in [2.05, 4.69) is 61.1 Å². The Labute approximate surface area is 187 Å². The average molecular weight is 525 g/mol. The molecule has 0 atom stereocenters. The topological polar surface area (TPSA) is 40.5 Å². The number of allylic oxidation sites excluding steroid dienone is 8. The van der Waals surface area contributed by atoms with Crippen LogP contribution in [0.2, 0.25) is 38.3 Å². The number of hydrogen-bond donors (Lipinski definition) is 2. The van der Waals surface area contributed by atoms with Gasteiger partial charge in [0.2, 0.25) is 0 Å². The van der Waals surface area contributed by atoms with E-state index < -0.39 is 37.4 Å². The van der Waals surface area contributed by atoms with Crippen LogP contribution in [0.3, 0.4) is 0 Å². The van der Waals surface area contributed by atoms with Gasteiger partial charge in [0, 0.05) is 0 Å². The molecule has 0 saturated carbocycles. The van der Waals surface area contributed by atoms with Gasteiger partial charge in [-0.05, 0) is 0 Å². The first-order valence-electron chi connectivity index (χ1n) is 9.47. The van der Waals surface area contributed by atoms with Crippen LogP contribution in [0.1, 0.15) is 19.8 Å². The first kappa shape index (κ1) is 27.6. The molecule has 152 valence electrons. The Morgan fingerprint density at radius 1 is 0.852 bits per heavy atom. The Kier molecular flexibility index (Phi) is 12.0. The second-order valence-corrected chi connectivity index (χ2v) is 24.4. The first-order chi connectivity index (χ1) is 11.8.